The highest BCUT2D eigenvalue weighted by atomic mass is 16.5. The van der Waals surface area contributed by atoms with E-state index in [9.17, 15) is 29.7 Å². The van der Waals surface area contributed by atoms with Gasteiger partial charge in [0.15, 0.2) is 12.2 Å². The predicted molar refractivity (Wildman–Crippen MR) is 210 cm³/mol. The number of aromatic amines is 1. The van der Waals surface area contributed by atoms with E-state index in [1.807, 2.05) is 24.4 Å². The molecule has 288 valence electrons. The third kappa shape index (κ3) is 9.65. The Hall–Kier alpha value is -4.78. The van der Waals surface area contributed by atoms with Crippen LogP contribution in [-0.2, 0) is 27.2 Å². The van der Waals surface area contributed by atoms with Gasteiger partial charge < -0.3 is 52.0 Å². The van der Waals surface area contributed by atoms with E-state index in [0.29, 0.717) is 51.0 Å². The molecule has 3 aromatic rings. The fraction of sp³-hybridized carbons (Fsp3) is 0.476. The number of allylic oxidation sites excluding steroid dienone is 2. The van der Waals surface area contributed by atoms with Crippen molar-refractivity contribution in [2.45, 2.75) is 94.5 Å². The molecular formula is C42H54N6O6. The molecule has 2 aliphatic carbocycles. The number of aliphatic carboxylic acids is 1. The minimum Gasteiger partial charge on any atom is -0.478 e. The van der Waals surface area contributed by atoms with Crippen molar-refractivity contribution < 1.29 is 29.7 Å². The van der Waals surface area contributed by atoms with Gasteiger partial charge in [0.05, 0.1) is 12.1 Å². The van der Waals surface area contributed by atoms with Crippen molar-refractivity contribution >= 4 is 41.1 Å². The van der Waals surface area contributed by atoms with Gasteiger partial charge in [0.2, 0.25) is 0 Å². The number of hydrogen-bond acceptors (Lipinski definition) is 10. The second-order valence-corrected chi connectivity index (χ2v) is 15.3. The Morgan fingerprint density at radius 2 is 1.87 bits per heavy atom. The van der Waals surface area contributed by atoms with E-state index in [2.05, 4.69) is 57.0 Å². The first-order chi connectivity index (χ1) is 26.1. The molecule has 0 amide bonds. The molecular weight excluding hydrogens is 684 g/mol. The Kier molecular flexibility index (Phi) is 13.0. The van der Waals surface area contributed by atoms with Crippen molar-refractivity contribution in [2.75, 3.05) is 11.9 Å². The van der Waals surface area contributed by atoms with Crippen molar-refractivity contribution in [3.8, 4) is 0 Å². The summed E-state index contributed by atoms with van der Waals surface area (Å²) in [5.74, 6) is 0.467. The number of fused-ring (bicyclic) bond motifs is 5. The van der Waals surface area contributed by atoms with Crippen LogP contribution in [0, 0.1) is 23.7 Å². The molecule has 0 saturated carbocycles. The number of carboxylic acid groups (broad SMARTS) is 1. The zero-order valence-electron chi connectivity index (χ0n) is 30.6. The zero-order chi connectivity index (χ0) is 38.2. The second kappa shape index (κ2) is 18.0. The van der Waals surface area contributed by atoms with Crippen molar-refractivity contribution in [1.82, 2.24) is 10.3 Å². The Bertz CT molecular complexity index is 1850. The number of nitrogens with one attached hydrogen (secondary N) is 3. The minimum atomic E-state index is -1.43. The Labute approximate surface area is 316 Å². The summed E-state index contributed by atoms with van der Waals surface area (Å²) in [6.45, 7) is 0.499. The average molecular weight is 739 g/mol. The predicted octanol–water partition coefficient (Wildman–Crippen LogP) is 4.32. The molecule has 2 bridgehead atoms. The van der Waals surface area contributed by atoms with E-state index < -0.39 is 12.3 Å². The van der Waals surface area contributed by atoms with Crippen LogP contribution >= 0.6 is 0 Å². The molecule has 0 spiro atoms. The number of H-pyrrole nitrogens is 1. The highest BCUT2D eigenvalue weighted by Crippen LogP contribution is 2.52. The van der Waals surface area contributed by atoms with Crippen molar-refractivity contribution in [3.63, 3.8) is 0 Å². The molecule has 10 N–H and O–H groups in total. The number of aliphatic hydroxyl groups is 2. The van der Waals surface area contributed by atoms with Crippen LogP contribution < -0.4 is 22.1 Å². The van der Waals surface area contributed by atoms with Crippen molar-refractivity contribution in [1.29, 1.82) is 0 Å². The summed E-state index contributed by atoms with van der Waals surface area (Å²) in [7, 11) is 0. The molecule has 12 heteroatoms. The van der Waals surface area contributed by atoms with Gasteiger partial charge in [0.25, 0.3) is 0 Å². The fourth-order valence-corrected chi connectivity index (χ4v) is 9.01. The highest BCUT2D eigenvalue weighted by Gasteiger charge is 2.44. The van der Waals surface area contributed by atoms with Gasteiger partial charge in [-0.2, -0.15) is 0 Å². The number of hydrogen-bond donors (Lipinski definition) is 8. The molecule has 54 heavy (non-hydrogen) atoms. The number of benzene rings is 2. The van der Waals surface area contributed by atoms with E-state index >= 15 is 0 Å². The largest absolute Gasteiger partial charge is 0.478 e. The highest BCUT2D eigenvalue weighted by molar-refractivity contribution is 5.86. The number of carbonyl (C=O) groups is 3. The summed E-state index contributed by atoms with van der Waals surface area (Å²) in [6.07, 6.45) is 14.2. The molecule has 12 nitrogen and oxygen atoms in total. The maximum absolute atomic E-state index is 12.4. The molecule has 1 aromatic heterocycles. The molecule has 0 radical (unpaired) electrons. The lowest BCUT2D eigenvalue weighted by Gasteiger charge is -2.47. The number of carboxylic acids is 1. The van der Waals surface area contributed by atoms with Gasteiger partial charge in [-0.05, 0) is 127 Å². The van der Waals surface area contributed by atoms with Gasteiger partial charge in [-0.25, -0.2) is 4.79 Å². The summed E-state index contributed by atoms with van der Waals surface area (Å²) < 4.78 is 0. The van der Waals surface area contributed by atoms with E-state index in [0.717, 1.165) is 59.6 Å². The van der Waals surface area contributed by atoms with Gasteiger partial charge in [0, 0.05) is 37.2 Å². The molecule has 0 fully saturated rings. The number of nitrogens with zero attached hydrogens (tertiary/aromatic N) is 1. The molecule has 8 atom stereocenters. The van der Waals surface area contributed by atoms with Gasteiger partial charge in [-0.15, -0.1) is 0 Å². The van der Waals surface area contributed by atoms with E-state index in [4.69, 9.17) is 11.5 Å². The smallest absolute Gasteiger partial charge is 0.328 e. The quantitative estimate of drug-likeness (QED) is 0.0377. The van der Waals surface area contributed by atoms with E-state index in [-0.39, 0.29) is 54.1 Å². The summed E-state index contributed by atoms with van der Waals surface area (Å²) >= 11 is 0. The van der Waals surface area contributed by atoms with Crippen LogP contribution in [0.4, 0.5) is 5.82 Å². The SMILES string of the molecule is NC1=NCCC(C(=CC(=O)O)C(CC2C3C=CC(CCC(N)CCC(C=O)CCC(O)O)C2c2cc4cc(CC=O)ccc4cc2C3)Nc2ccc[nH]2)N1. The zero-order valence-corrected chi connectivity index (χ0v) is 30.6. The number of aliphatic hydroxyl groups excluding tert-OH is 1. The number of aldehydes is 2. The lowest BCUT2D eigenvalue weighted by Crippen LogP contribution is -2.49. The Balaban J connectivity index is 1.33. The number of aliphatic imine (C=N–C) groups is 1. The molecule has 2 aromatic carbocycles. The third-order valence-corrected chi connectivity index (χ3v) is 11.7. The van der Waals surface area contributed by atoms with Gasteiger partial charge in [-0.3, -0.25) is 4.99 Å². The molecule has 2 heterocycles. The number of rotatable bonds is 19. The maximum Gasteiger partial charge on any atom is 0.328 e. The number of carbonyl (C=O) groups excluding carboxylic acids is 2. The third-order valence-electron chi connectivity index (χ3n) is 11.7. The molecule has 1 aliphatic heterocycles. The van der Waals surface area contributed by atoms with E-state index in [1.165, 1.54) is 17.2 Å². The van der Waals surface area contributed by atoms with Gasteiger partial charge in [0.1, 0.15) is 18.4 Å². The van der Waals surface area contributed by atoms with E-state index in [1.54, 1.807) is 0 Å². The molecule has 8 unspecified atom stereocenters. The first kappa shape index (κ1) is 38.9. The first-order valence-electron chi connectivity index (χ1n) is 19.3. The van der Waals surface area contributed by atoms with Crippen LogP contribution in [0.5, 0.6) is 0 Å². The van der Waals surface area contributed by atoms with Crippen LogP contribution in [0.15, 0.2) is 77.5 Å². The van der Waals surface area contributed by atoms with Crippen LogP contribution in [0.3, 0.4) is 0 Å². The number of anilines is 1. The van der Waals surface area contributed by atoms with Crippen molar-refractivity contribution in [2.24, 2.45) is 40.1 Å². The summed E-state index contributed by atoms with van der Waals surface area (Å²) in [5, 5.41) is 37.8. The number of nitrogens with two attached hydrogens (primary N) is 2. The lowest BCUT2D eigenvalue weighted by atomic mass is 9.58. The Morgan fingerprint density at radius 1 is 1.04 bits per heavy atom. The monoisotopic (exact) mass is 738 g/mol. The lowest BCUT2D eigenvalue weighted by molar-refractivity contribution is -0.131. The maximum atomic E-state index is 12.4. The molecule has 6 rings (SSSR count). The minimum absolute atomic E-state index is 0.119. The summed E-state index contributed by atoms with van der Waals surface area (Å²) in [4.78, 5) is 43.0. The summed E-state index contributed by atoms with van der Waals surface area (Å²) in [6, 6.07) is 13.9. The van der Waals surface area contributed by atoms with Crippen LogP contribution in [-0.4, -0.2) is 75.8 Å². The first-order valence-corrected chi connectivity index (χ1v) is 19.3. The number of aromatic nitrogens is 1. The second-order valence-electron chi connectivity index (χ2n) is 15.3. The van der Waals surface area contributed by atoms with Gasteiger partial charge in [-0.1, -0.05) is 42.5 Å². The Morgan fingerprint density at radius 3 is 2.59 bits per heavy atom. The normalized spacial score (nSPS) is 23.9. The van der Waals surface area contributed by atoms with Crippen molar-refractivity contribution in [3.05, 3.63) is 89.2 Å². The standard InChI is InChI=1S/C42H54N6O6/c43-32(10-4-26(24-50)5-12-39(51)52)11-9-27-7-8-29-20-31-19-28-6-3-25(14-17-49)18-30(28)21-33(31)41(27)34(29)22-37(47-38-2-1-15-45-38)35(23-40(53)54)36-13-16-46-42(44)48-36/h1-3,6-8,15,17-19,21,23-24,26-27,29,32,34,36-37,39,41,45,47,51-52H,4-5,9-14,16,20,22,43H2,(H,53,54)(H3,44,46,48). The van der Waals surface area contributed by atoms with Gasteiger partial charge >= 0.3 is 5.97 Å². The van der Waals surface area contributed by atoms with Crippen LogP contribution in [0.2, 0.25) is 0 Å². The summed E-state index contributed by atoms with van der Waals surface area (Å²) in [5.41, 5.74) is 17.1. The number of guanidine groups is 1. The fourth-order valence-electron chi connectivity index (χ4n) is 9.01. The molecule has 0 saturated heterocycles. The topological polar surface area (TPSA) is 216 Å². The van der Waals surface area contributed by atoms with Crippen LogP contribution in [0.1, 0.15) is 74.0 Å². The average Bonchev–Trinajstić information content (AvgIpc) is 3.66. The molecule has 3 aliphatic rings. The van der Waals surface area contributed by atoms with Crippen LogP contribution in [0.25, 0.3) is 10.8 Å².